The third kappa shape index (κ3) is 4.72. The molecule has 6 aromatic carbocycles. The Morgan fingerprint density at radius 1 is 0.297 bits per heavy atom. The van der Waals surface area contributed by atoms with Gasteiger partial charge in [0.15, 0.2) is 0 Å². The molecule has 0 aliphatic rings. The minimum Gasteiger partial charge on any atom is -0.0622 e. The average molecular weight is 669 g/mol. The SMILES string of the molecule is Brc1ccc(-c2c(-c3ccccc3)c(-c3ccccc3)c(-c3ccc(Br)cc3)c3cc(Br)ccc23)cc1. The molecule has 6 rings (SSSR count). The van der Waals surface area contributed by atoms with Crippen LogP contribution in [-0.2, 0) is 0 Å². The summed E-state index contributed by atoms with van der Waals surface area (Å²) in [5.74, 6) is 0. The molecule has 0 N–H and O–H groups in total. The van der Waals surface area contributed by atoms with Crippen molar-refractivity contribution in [2.45, 2.75) is 0 Å². The molecule has 0 aromatic heterocycles. The lowest BCUT2D eigenvalue weighted by Gasteiger charge is -2.24. The topological polar surface area (TPSA) is 0 Å². The van der Waals surface area contributed by atoms with Crippen LogP contribution >= 0.6 is 47.8 Å². The molecule has 0 saturated heterocycles. The molecule has 178 valence electrons. The Hall–Kier alpha value is -2.98. The van der Waals surface area contributed by atoms with Crippen molar-refractivity contribution in [2.24, 2.45) is 0 Å². The molecule has 0 bridgehead atoms. The van der Waals surface area contributed by atoms with Gasteiger partial charge in [-0.3, -0.25) is 0 Å². The van der Waals surface area contributed by atoms with E-state index in [0.717, 1.165) is 13.4 Å². The lowest BCUT2D eigenvalue weighted by molar-refractivity contribution is 1.55. The van der Waals surface area contributed by atoms with E-state index in [1.807, 2.05) is 0 Å². The van der Waals surface area contributed by atoms with Crippen molar-refractivity contribution in [2.75, 3.05) is 0 Å². The van der Waals surface area contributed by atoms with Gasteiger partial charge in [-0.05, 0) is 91.7 Å². The van der Waals surface area contributed by atoms with Crippen LogP contribution in [0, 0.1) is 0 Å². The third-order valence-corrected chi connectivity index (χ3v) is 8.21. The smallest absolute Gasteiger partial charge is 0.0181 e. The van der Waals surface area contributed by atoms with Crippen LogP contribution in [0.2, 0.25) is 0 Å². The van der Waals surface area contributed by atoms with Crippen LogP contribution in [0.25, 0.3) is 55.3 Å². The van der Waals surface area contributed by atoms with Gasteiger partial charge in [0.05, 0.1) is 0 Å². The second-order valence-electron chi connectivity index (χ2n) is 8.94. The van der Waals surface area contributed by atoms with Crippen molar-refractivity contribution >= 4 is 58.6 Å². The first-order valence-corrected chi connectivity index (χ1v) is 14.4. The Labute approximate surface area is 242 Å². The zero-order valence-corrected chi connectivity index (χ0v) is 24.5. The van der Waals surface area contributed by atoms with Crippen LogP contribution in [-0.4, -0.2) is 0 Å². The second-order valence-corrected chi connectivity index (χ2v) is 11.7. The molecule has 37 heavy (non-hydrogen) atoms. The summed E-state index contributed by atoms with van der Waals surface area (Å²) in [6.07, 6.45) is 0. The summed E-state index contributed by atoms with van der Waals surface area (Å²) in [4.78, 5) is 0. The molecule has 0 heterocycles. The minimum absolute atomic E-state index is 1.06. The summed E-state index contributed by atoms with van der Waals surface area (Å²) in [6, 6.07) is 45.5. The van der Waals surface area contributed by atoms with E-state index in [1.165, 1.54) is 55.3 Å². The van der Waals surface area contributed by atoms with E-state index >= 15 is 0 Å². The van der Waals surface area contributed by atoms with Gasteiger partial charge in [-0.1, -0.05) is 139 Å². The number of hydrogen-bond donors (Lipinski definition) is 0. The van der Waals surface area contributed by atoms with Crippen molar-refractivity contribution in [3.63, 3.8) is 0 Å². The van der Waals surface area contributed by atoms with Crippen LogP contribution in [0.15, 0.2) is 141 Å². The maximum Gasteiger partial charge on any atom is 0.0181 e. The Bertz CT molecular complexity index is 1700. The predicted octanol–water partition coefficient (Wildman–Crippen LogP) is 11.8. The fraction of sp³-hybridized carbons (Fsp3) is 0. The first kappa shape index (κ1) is 24.4. The van der Waals surface area contributed by atoms with Gasteiger partial charge in [-0.15, -0.1) is 0 Å². The highest BCUT2D eigenvalue weighted by atomic mass is 79.9. The van der Waals surface area contributed by atoms with E-state index in [1.54, 1.807) is 0 Å². The maximum absolute atomic E-state index is 3.77. The molecule has 3 heteroatoms. The molecular weight excluding hydrogens is 648 g/mol. The third-order valence-electron chi connectivity index (χ3n) is 6.66. The Morgan fingerprint density at radius 3 is 1.14 bits per heavy atom. The molecule has 0 amide bonds. The molecule has 0 radical (unpaired) electrons. The van der Waals surface area contributed by atoms with Crippen LogP contribution in [0.1, 0.15) is 0 Å². The molecular formula is C34H21Br3. The highest BCUT2D eigenvalue weighted by molar-refractivity contribution is 9.11. The van der Waals surface area contributed by atoms with Crippen LogP contribution in [0.5, 0.6) is 0 Å². The largest absolute Gasteiger partial charge is 0.0622 e. The highest BCUT2D eigenvalue weighted by Gasteiger charge is 2.24. The lowest BCUT2D eigenvalue weighted by atomic mass is 9.79. The lowest BCUT2D eigenvalue weighted by Crippen LogP contribution is -1.97. The van der Waals surface area contributed by atoms with E-state index in [-0.39, 0.29) is 0 Å². The number of rotatable bonds is 4. The maximum atomic E-state index is 3.77. The van der Waals surface area contributed by atoms with Gasteiger partial charge >= 0.3 is 0 Å². The Kier molecular flexibility index (Phi) is 6.86. The minimum atomic E-state index is 1.06. The van der Waals surface area contributed by atoms with E-state index in [2.05, 4.69) is 175 Å². The highest BCUT2D eigenvalue weighted by Crippen LogP contribution is 2.51. The van der Waals surface area contributed by atoms with Crippen molar-refractivity contribution in [1.82, 2.24) is 0 Å². The van der Waals surface area contributed by atoms with Gasteiger partial charge in [0.2, 0.25) is 0 Å². The van der Waals surface area contributed by atoms with Gasteiger partial charge in [-0.2, -0.15) is 0 Å². The van der Waals surface area contributed by atoms with E-state index in [9.17, 15) is 0 Å². The number of benzene rings is 6. The fourth-order valence-corrected chi connectivity index (χ4v) is 5.97. The normalized spacial score (nSPS) is 11.1. The molecule has 0 unspecified atom stereocenters. The summed E-state index contributed by atoms with van der Waals surface area (Å²) in [5.41, 5.74) is 9.70. The Morgan fingerprint density at radius 2 is 0.676 bits per heavy atom. The number of halogens is 3. The molecule has 0 aliphatic heterocycles. The predicted molar refractivity (Wildman–Crippen MR) is 169 cm³/mol. The van der Waals surface area contributed by atoms with Crippen LogP contribution < -0.4 is 0 Å². The van der Waals surface area contributed by atoms with Gasteiger partial charge in [-0.25, -0.2) is 0 Å². The number of fused-ring (bicyclic) bond motifs is 1. The molecule has 0 spiro atoms. The van der Waals surface area contributed by atoms with Gasteiger partial charge in [0.25, 0.3) is 0 Å². The van der Waals surface area contributed by atoms with E-state index in [0.29, 0.717) is 0 Å². The zero-order valence-electron chi connectivity index (χ0n) is 19.8. The van der Waals surface area contributed by atoms with E-state index < -0.39 is 0 Å². The van der Waals surface area contributed by atoms with Crippen molar-refractivity contribution in [3.05, 3.63) is 141 Å². The summed E-state index contributed by atoms with van der Waals surface area (Å²) in [7, 11) is 0. The van der Waals surface area contributed by atoms with Crippen molar-refractivity contribution in [3.8, 4) is 44.5 Å². The van der Waals surface area contributed by atoms with Crippen LogP contribution in [0.4, 0.5) is 0 Å². The summed E-state index contributed by atoms with van der Waals surface area (Å²) < 4.78 is 3.20. The first-order valence-electron chi connectivity index (χ1n) is 12.0. The summed E-state index contributed by atoms with van der Waals surface area (Å²) in [5, 5.41) is 2.44. The summed E-state index contributed by atoms with van der Waals surface area (Å²) in [6.45, 7) is 0. The van der Waals surface area contributed by atoms with Gasteiger partial charge in [0.1, 0.15) is 0 Å². The molecule has 0 atom stereocenters. The molecule has 6 aromatic rings. The summed E-state index contributed by atoms with van der Waals surface area (Å²) >= 11 is 11.0. The van der Waals surface area contributed by atoms with Gasteiger partial charge in [0, 0.05) is 13.4 Å². The van der Waals surface area contributed by atoms with E-state index in [4.69, 9.17) is 0 Å². The Balaban J connectivity index is 1.89. The number of hydrogen-bond acceptors (Lipinski definition) is 0. The van der Waals surface area contributed by atoms with Gasteiger partial charge < -0.3 is 0 Å². The molecule has 0 nitrogen and oxygen atoms in total. The molecule has 0 saturated carbocycles. The monoisotopic (exact) mass is 666 g/mol. The van der Waals surface area contributed by atoms with Crippen molar-refractivity contribution in [1.29, 1.82) is 0 Å². The second kappa shape index (κ2) is 10.4. The first-order chi connectivity index (χ1) is 18.1. The molecule has 0 aliphatic carbocycles. The zero-order chi connectivity index (χ0) is 25.4. The quantitative estimate of drug-likeness (QED) is 0.175. The standard InChI is InChI=1S/C34H21Br3/c35-26-15-11-24(12-16-26)31-29-20-19-28(37)21-30(29)32(25-13-17-27(36)18-14-25)34(23-9-5-2-6-10-23)33(31)22-7-3-1-4-8-22/h1-21H. The van der Waals surface area contributed by atoms with Crippen LogP contribution in [0.3, 0.4) is 0 Å². The molecule has 0 fully saturated rings. The average Bonchev–Trinajstić information content (AvgIpc) is 2.94. The van der Waals surface area contributed by atoms with Crippen molar-refractivity contribution < 1.29 is 0 Å². The fourth-order valence-electron chi connectivity index (χ4n) is 5.08.